The van der Waals surface area contributed by atoms with Crippen LogP contribution in [0.4, 0.5) is 0 Å². The maximum atomic E-state index is 14.0. The van der Waals surface area contributed by atoms with Crippen LogP contribution >= 0.6 is 0 Å². The highest BCUT2D eigenvalue weighted by Crippen LogP contribution is 2.39. The van der Waals surface area contributed by atoms with Crippen molar-refractivity contribution < 1.29 is 4.79 Å². The van der Waals surface area contributed by atoms with Crippen molar-refractivity contribution in [1.82, 2.24) is 24.3 Å². The number of hydrogen-bond donors (Lipinski definition) is 1. The standard InChI is InChI=1S/C24H35N5O3/c1-15(2)14-28-20-19(21(30)26-23(28)32)17(13-18(25-20)16(3)4)22(31)29-10-6-7-24(29)8-11-27(5)12-9-24/h13,15-16H,6-12,14H2,1-5H3,(H,26,30,32). The molecule has 32 heavy (non-hydrogen) atoms. The first-order valence-corrected chi connectivity index (χ1v) is 11.8. The molecule has 0 saturated carbocycles. The molecule has 2 fully saturated rings. The zero-order chi connectivity index (χ0) is 23.2. The molecule has 4 heterocycles. The lowest BCUT2D eigenvalue weighted by molar-refractivity contribution is 0.0410. The van der Waals surface area contributed by atoms with E-state index in [1.807, 2.05) is 32.6 Å². The lowest BCUT2D eigenvalue weighted by Crippen LogP contribution is -2.53. The molecule has 2 aromatic heterocycles. The van der Waals surface area contributed by atoms with E-state index in [0.29, 0.717) is 24.3 Å². The van der Waals surface area contributed by atoms with Gasteiger partial charge in [0.05, 0.1) is 10.9 Å². The van der Waals surface area contributed by atoms with E-state index in [1.165, 1.54) is 4.57 Å². The van der Waals surface area contributed by atoms with Crippen molar-refractivity contribution in [3.05, 3.63) is 38.2 Å². The Bertz CT molecular complexity index is 1140. The summed E-state index contributed by atoms with van der Waals surface area (Å²) < 4.78 is 1.51. The molecule has 0 radical (unpaired) electrons. The number of carbonyl (C=O) groups excluding carboxylic acids is 1. The number of pyridine rings is 1. The Kier molecular flexibility index (Phi) is 6.00. The number of piperidine rings is 1. The fraction of sp³-hybridized carbons (Fsp3) is 0.667. The Morgan fingerprint density at radius 3 is 2.44 bits per heavy atom. The summed E-state index contributed by atoms with van der Waals surface area (Å²) in [5.74, 6) is 0.136. The van der Waals surface area contributed by atoms with Crippen molar-refractivity contribution in [2.24, 2.45) is 5.92 Å². The number of aromatic nitrogens is 3. The van der Waals surface area contributed by atoms with Gasteiger partial charge in [0.25, 0.3) is 11.5 Å². The number of aromatic amines is 1. The van der Waals surface area contributed by atoms with Crippen LogP contribution < -0.4 is 11.2 Å². The summed E-state index contributed by atoms with van der Waals surface area (Å²) in [6, 6.07) is 1.77. The number of hydrogen-bond acceptors (Lipinski definition) is 5. The molecule has 0 unspecified atom stereocenters. The van der Waals surface area contributed by atoms with E-state index in [1.54, 1.807) is 6.07 Å². The molecule has 1 spiro atoms. The highest BCUT2D eigenvalue weighted by Gasteiger charge is 2.45. The summed E-state index contributed by atoms with van der Waals surface area (Å²) in [7, 11) is 2.12. The first-order valence-electron chi connectivity index (χ1n) is 11.8. The molecule has 4 rings (SSSR count). The average molecular weight is 442 g/mol. The first kappa shape index (κ1) is 22.7. The van der Waals surface area contributed by atoms with E-state index in [9.17, 15) is 14.4 Å². The Morgan fingerprint density at radius 2 is 1.81 bits per heavy atom. The molecule has 2 aromatic rings. The molecule has 0 bridgehead atoms. The second kappa shape index (κ2) is 8.46. The largest absolute Gasteiger partial charge is 0.333 e. The van der Waals surface area contributed by atoms with Crippen molar-refractivity contribution in [3.63, 3.8) is 0 Å². The summed E-state index contributed by atoms with van der Waals surface area (Å²) in [4.78, 5) is 51.1. The third-order valence-corrected chi connectivity index (χ3v) is 7.10. The molecule has 174 valence electrons. The van der Waals surface area contributed by atoms with Crippen molar-refractivity contribution in [1.29, 1.82) is 0 Å². The Labute approximate surface area is 188 Å². The van der Waals surface area contributed by atoms with Crippen LogP contribution in [-0.4, -0.2) is 62.5 Å². The van der Waals surface area contributed by atoms with Gasteiger partial charge in [0.1, 0.15) is 0 Å². The molecule has 2 aliphatic rings. The van der Waals surface area contributed by atoms with E-state index in [-0.39, 0.29) is 28.7 Å². The number of fused-ring (bicyclic) bond motifs is 1. The number of likely N-dealkylation sites (tertiary alicyclic amines) is 2. The van der Waals surface area contributed by atoms with Gasteiger partial charge in [-0.2, -0.15) is 0 Å². The van der Waals surface area contributed by atoms with Gasteiger partial charge >= 0.3 is 5.69 Å². The maximum absolute atomic E-state index is 14.0. The van der Waals surface area contributed by atoms with E-state index in [4.69, 9.17) is 4.98 Å². The number of rotatable bonds is 4. The van der Waals surface area contributed by atoms with Crippen LogP contribution in [0.2, 0.25) is 0 Å². The van der Waals surface area contributed by atoms with Gasteiger partial charge in [0.15, 0.2) is 5.65 Å². The van der Waals surface area contributed by atoms with Crippen molar-refractivity contribution >= 4 is 16.9 Å². The third-order valence-electron chi connectivity index (χ3n) is 7.10. The minimum atomic E-state index is -0.534. The first-order chi connectivity index (χ1) is 15.1. The fourth-order valence-corrected chi connectivity index (χ4v) is 5.25. The van der Waals surface area contributed by atoms with Crippen molar-refractivity contribution in [3.8, 4) is 0 Å². The molecule has 1 amide bonds. The quantitative estimate of drug-likeness (QED) is 0.787. The summed E-state index contributed by atoms with van der Waals surface area (Å²) in [6.07, 6.45) is 3.87. The van der Waals surface area contributed by atoms with E-state index >= 15 is 0 Å². The normalized spacial score (nSPS) is 19.0. The molecule has 8 nitrogen and oxygen atoms in total. The van der Waals surface area contributed by atoms with Crippen LogP contribution in [0.5, 0.6) is 0 Å². The van der Waals surface area contributed by atoms with Crippen molar-refractivity contribution in [2.45, 2.75) is 71.4 Å². The second-order valence-corrected chi connectivity index (χ2v) is 10.3. The molecule has 2 saturated heterocycles. The molecular formula is C24H35N5O3. The molecule has 1 N–H and O–H groups in total. The topological polar surface area (TPSA) is 91.3 Å². The van der Waals surface area contributed by atoms with E-state index < -0.39 is 11.2 Å². The van der Waals surface area contributed by atoms with Crippen LogP contribution in [0, 0.1) is 5.92 Å². The molecule has 8 heteroatoms. The summed E-state index contributed by atoms with van der Waals surface area (Å²) >= 11 is 0. The van der Waals surface area contributed by atoms with Crippen LogP contribution in [0.25, 0.3) is 11.0 Å². The number of nitrogens with zero attached hydrogens (tertiary/aromatic N) is 4. The molecule has 0 aromatic carbocycles. The number of H-pyrrole nitrogens is 1. The van der Waals surface area contributed by atoms with Gasteiger partial charge in [-0.05, 0) is 50.6 Å². The minimum Gasteiger partial charge on any atom is -0.333 e. The predicted molar refractivity (Wildman–Crippen MR) is 125 cm³/mol. The summed E-state index contributed by atoms with van der Waals surface area (Å²) in [6.45, 7) is 11.1. The van der Waals surface area contributed by atoms with Crippen LogP contribution in [0.1, 0.15) is 75.3 Å². The lowest BCUT2D eigenvalue weighted by Gasteiger charge is -2.44. The number of carbonyl (C=O) groups is 1. The van der Waals surface area contributed by atoms with E-state index in [0.717, 1.165) is 44.5 Å². The van der Waals surface area contributed by atoms with Crippen LogP contribution in [0.3, 0.4) is 0 Å². The molecule has 2 aliphatic heterocycles. The lowest BCUT2D eigenvalue weighted by atomic mass is 9.84. The van der Waals surface area contributed by atoms with Gasteiger partial charge in [-0.25, -0.2) is 9.78 Å². The van der Waals surface area contributed by atoms with Crippen LogP contribution in [-0.2, 0) is 6.54 Å². The van der Waals surface area contributed by atoms with Gasteiger partial charge in [0.2, 0.25) is 0 Å². The van der Waals surface area contributed by atoms with Gasteiger partial charge in [-0.1, -0.05) is 27.7 Å². The smallest absolute Gasteiger partial charge is 0.330 e. The number of nitrogens with one attached hydrogen (secondary N) is 1. The van der Waals surface area contributed by atoms with Crippen molar-refractivity contribution in [2.75, 3.05) is 26.7 Å². The van der Waals surface area contributed by atoms with Gasteiger partial charge in [0, 0.05) is 37.4 Å². The van der Waals surface area contributed by atoms with E-state index in [2.05, 4.69) is 16.9 Å². The monoisotopic (exact) mass is 441 g/mol. The van der Waals surface area contributed by atoms with Crippen LogP contribution in [0.15, 0.2) is 15.7 Å². The van der Waals surface area contributed by atoms with Gasteiger partial charge < -0.3 is 9.80 Å². The Hall–Kier alpha value is -2.48. The Morgan fingerprint density at radius 1 is 1.12 bits per heavy atom. The zero-order valence-corrected chi connectivity index (χ0v) is 19.9. The summed E-state index contributed by atoms with van der Waals surface area (Å²) in [5.41, 5.74) is 0.260. The van der Waals surface area contributed by atoms with Gasteiger partial charge in [-0.3, -0.25) is 19.1 Å². The minimum absolute atomic E-state index is 0.0590. The fourth-order valence-electron chi connectivity index (χ4n) is 5.25. The SMILES string of the molecule is CC(C)Cn1c(=O)[nH]c(=O)c2c(C(=O)N3CCCC34CCN(C)CC4)cc(C(C)C)nc21. The molecule has 0 atom stereocenters. The third kappa shape index (κ3) is 3.89. The molecule has 0 aliphatic carbocycles. The van der Waals surface area contributed by atoms with Gasteiger partial charge in [-0.15, -0.1) is 0 Å². The number of amides is 1. The summed E-state index contributed by atoms with van der Waals surface area (Å²) in [5, 5.41) is 0.231. The highest BCUT2D eigenvalue weighted by atomic mass is 16.2. The predicted octanol–water partition coefficient (Wildman–Crippen LogP) is 2.56. The maximum Gasteiger partial charge on any atom is 0.330 e. The molecular weight excluding hydrogens is 406 g/mol. The average Bonchev–Trinajstić information content (AvgIpc) is 3.14. The Balaban J connectivity index is 1.91. The second-order valence-electron chi connectivity index (χ2n) is 10.3. The zero-order valence-electron chi connectivity index (χ0n) is 19.9. The highest BCUT2D eigenvalue weighted by molar-refractivity contribution is 6.05.